The molecular formula is C17H29N3O2. The average Bonchev–Trinajstić information content (AvgIpc) is 2.59. The summed E-state index contributed by atoms with van der Waals surface area (Å²) in [5.74, 6) is 2.21. The summed E-state index contributed by atoms with van der Waals surface area (Å²) >= 11 is 0. The van der Waals surface area contributed by atoms with E-state index in [1.54, 1.807) is 32.7 Å². The molecule has 0 saturated carbocycles. The molecule has 0 fully saturated rings. The predicted molar refractivity (Wildman–Crippen MR) is 91.5 cm³/mol. The Morgan fingerprint density at radius 2 is 1.41 bits per heavy atom. The molecular weight excluding hydrogens is 278 g/mol. The van der Waals surface area contributed by atoms with Gasteiger partial charge in [-0.2, -0.15) is 4.98 Å². The SMILES string of the molecule is CC.CC.COc1ccnc(C)c1.COc1ccnc(C)n1. The number of pyridine rings is 1. The summed E-state index contributed by atoms with van der Waals surface area (Å²) in [6, 6.07) is 5.43. The summed E-state index contributed by atoms with van der Waals surface area (Å²) in [7, 11) is 3.23. The van der Waals surface area contributed by atoms with Gasteiger partial charge in [0.25, 0.3) is 0 Å². The number of hydrogen-bond donors (Lipinski definition) is 0. The summed E-state index contributed by atoms with van der Waals surface area (Å²) < 4.78 is 9.80. The first-order chi connectivity index (χ1) is 10.7. The first kappa shape index (κ1) is 22.1. The zero-order chi connectivity index (χ0) is 17.4. The Labute approximate surface area is 134 Å². The lowest BCUT2D eigenvalue weighted by molar-refractivity contribution is 0.395. The molecule has 0 radical (unpaired) electrons. The minimum absolute atomic E-state index is 0.613. The second-order valence-corrected chi connectivity index (χ2v) is 3.48. The Morgan fingerprint density at radius 1 is 0.818 bits per heavy atom. The molecule has 22 heavy (non-hydrogen) atoms. The highest BCUT2D eigenvalue weighted by Gasteiger charge is 1.89. The van der Waals surface area contributed by atoms with Crippen molar-refractivity contribution in [3.8, 4) is 11.6 Å². The van der Waals surface area contributed by atoms with E-state index < -0.39 is 0 Å². The zero-order valence-electron chi connectivity index (χ0n) is 15.0. The second-order valence-electron chi connectivity index (χ2n) is 3.48. The van der Waals surface area contributed by atoms with Crippen molar-refractivity contribution in [2.45, 2.75) is 41.5 Å². The van der Waals surface area contributed by atoms with Gasteiger partial charge in [-0.1, -0.05) is 27.7 Å². The Hall–Kier alpha value is -2.17. The van der Waals surface area contributed by atoms with Gasteiger partial charge in [0.1, 0.15) is 11.6 Å². The molecule has 0 aliphatic rings. The molecule has 0 aliphatic heterocycles. The molecule has 5 heteroatoms. The molecule has 0 aromatic carbocycles. The van der Waals surface area contributed by atoms with Crippen LogP contribution in [0.15, 0.2) is 30.6 Å². The smallest absolute Gasteiger partial charge is 0.216 e. The van der Waals surface area contributed by atoms with Crippen LogP contribution in [0.2, 0.25) is 0 Å². The van der Waals surface area contributed by atoms with Crippen molar-refractivity contribution >= 4 is 0 Å². The zero-order valence-corrected chi connectivity index (χ0v) is 15.0. The van der Waals surface area contributed by atoms with E-state index in [0.29, 0.717) is 5.88 Å². The second kappa shape index (κ2) is 15.2. The fourth-order valence-electron chi connectivity index (χ4n) is 1.19. The minimum atomic E-state index is 0.613. The van der Waals surface area contributed by atoms with Crippen LogP contribution in [0.1, 0.15) is 39.2 Å². The van der Waals surface area contributed by atoms with Crippen molar-refractivity contribution in [3.05, 3.63) is 42.1 Å². The highest BCUT2D eigenvalue weighted by molar-refractivity contribution is 5.21. The van der Waals surface area contributed by atoms with Gasteiger partial charge in [-0.25, -0.2) is 4.98 Å². The van der Waals surface area contributed by atoms with Crippen molar-refractivity contribution in [2.75, 3.05) is 14.2 Å². The average molecular weight is 307 g/mol. The lowest BCUT2D eigenvalue weighted by Crippen LogP contribution is -1.90. The van der Waals surface area contributed by atoms with E-state index in [-0.39, 0.29) is 0 Å². The number of ether oxygens (including phenoxy) is 2. The van der Waals surface area contributed by atoms with Crippen LogP contribution in [0.25, 0.3) is 0 Å². The van der Waals surface area contributed by atoms with Crippen LogP contribution in [0.4, 0.5) is 0 Å². The van der Waals surface area contributed by atoms with Gasteiger partial charge in [-0.15, -0.1) is 0 Å². The van der Waals surface area contributed by atoms with E-state index in [1.165, 1.54) is 0 Å². The summed E-state index contributed by atoms with van der Waals surface area (Å²) in [5.41, 5.74) is 0.981. The highest BCUT2D eigenvalue weighted by atomic mass is 16.5. The Kier molecular flexibility index (Phi) is 15.3. The van der Waals surface area contributed by atoms with Crippen LogP contribution < -0.4 is 9.47 Å². The summed E-state index contributed by atoms with van der Waals surface area (Å²) in [6.45, 7) is 11.8. The van der Waals surface area contributed by atoms with Crippen LogP contribution in [-0.4, -0.2) is 29.2 Å². The maximum atomic E-state index is 4.96. The van der Waals surface area contributed by atoms with Crippen molar-refractivity contribution in [1.82, 2.24) is 15.0 Å². The van der Waals surface area contributed by atoms with Gasteiger partial charge in [0.15, 0.2) is 0 Å². The molecule has 0 N–H and O–H groups in total. The molecule has 2 aromatic heterocycles. The van der Waals surface area contributed by atoms with Crippen LogP contribution in [0.3, 0.4) is 0 Å². The molecule has 2 aromatic rings. The monoisotopic (exact) mass is 307 g/mol. The van der Waals surface area contributed by atoms with Crippen molar-refractivity contribution in [1.29, 1.82) is 0 Å². The minimum Gasteiger partial charge on any atom is -0.497 e. The number of aryl methyl sites for hydroxylation is 2. The molecule has 0 saturated heterocycles. The quantitative estimate of drug-likeness (QED) is 0.830. The molecule has 2 rings (SSSR count). The van der Waals surface area contributed by atoms with E-state index >= 15 is 0 Å². The van der Waals surface area contributed by atoms with Gasteiger partial charge in [-0.05, 0) is 19.9 Å². The Bertz CT molecular complexity index is 445. The topological polar surface area (TPSA) is 57.1 Å². The van der Waals surface area contributed by atoms with Crippen LogP contribution in [-0.2, 0) is 0 Å². The Morgan fingerprint density at radius 3 is 1.77 bits per heavy atom. The van der Waals surface area contributed by atoms with Crippen molar-refractivity contribution in [3.63, 3.8) is 0 Å². The van der Waals surface area contributed by atoms with E-state index in [2.05, 4.69) is 15.0 Å². The van der Waals surface area contributed by atoms with Gasteiger partial charge >= 0.3 is 0 Å². The molecule has 0 unspecified atom stereocenters. The number of nitrogens with zero attached hydrogens (tertiary/aromatic N) is 3. The third-order valence-electron chi connectivity index (χ3n) is 2.06. The fourth-order valence-corrected chi connectivity index (χ4v) is 1.19. The largest absolute Gasteiger partial charge is 0.497 e. The molecule has 0 bridgehead atoms. The lowest BCUT2D eigenvalue weighted by Gasteiger charge is -1.97. The summed E-state index contributed by atoms with van der Waals surface area (Å²) in [5, 5.41) is 0. The lowest BCUT2D eigenvalue weighted by atomic mass is 10.4. The van der Waals surface area contributed by atoms with Crippen LogP contribution in [0.5, 0.6) is 11.6 Å². The molecule has 5 nitrogen and oxygen atoms in total. The summed E-state index contributed by atoms with van der Waals surface area (Å²) in [6.07, 6.45) is 3.40. The number of hydrogen-bond acceptors (Lipinski definition) is 5. The molecule has 0 atom stereocenters. The molecule has 0 aliphatic carbocycles. The number of rotatable bonds is 2. The molecule has 0 spiro atoms. The molecule has 124 valence electrons. The molecule has 2 heterocycles. The van der Waals surface area contributed by atoms with E-state index in [4.69, 9.17) is 9.47 Å². The van der Waals surface area contributed by atoms with Gasteiger partial charge in [-0.3, -0.25) is 4.98 Å². The van der Waals surface area contributed by atoms with Crippen molar-refractivity contribution in [2.24, 2.45) is 0 Å². The normalized spacial score (nSPS) is 8.00. The maximum Gasteiger partial charge on any atom is 0.216 e. The standard InChI is InChI=1S/C7H9NO.C6H8N2O.2C2H6/c1-6-5-7(9-2)3-4-8-6;1-5-7-4-3-6(8-5)9-2;2*1-2/h3-5H,1-2H3;3-4H,1-2H3;2*1-2H3. The van der Waals surface area contributed by atoms with E-state index in [9.17, 15) is 0 Å². The maximum absolute atomic E-state index is 4.96. The van der Waals surface area contributed by atoms with Crippen molar-refractivity contribution < 1.29 is 9.47 Å². The number of methoxy groups -OCH3 is 2. The van der Waals surface area contributed by atoms with Gasteiger partial charge < -0.3 is 9.47 Å². The predicted octanol–water partition coefficient (Wildman–Crippen LogP) is 4.24. The Balaban J connectivity index is 0. The van der Waals surface area contributed by atoms with Gasteiger partial charge in [0.05, 0.1) is 14.2 Å². The van der Waals surface area contributed by atoms with Crippen LogP contribution >= 0.6 is 0 Å². The number of aromatic nitrogens is 3. The highest BCUT2D eigenvalue weighted by Crippen LogP contribution is 2.07. The van der Waals surface area contributed by atoms with E-state index in [1.807, 2.05) is 53.7 Å². The van der Waals surface area contributed by atoms with Gasteiger partial charge in [0.2, 0.25) is 5.88 Å². The third kappa shape index (κ3) is 10.6. The first-order valence-electron chi connectivity index (χ1n) is 7.46. The first-order valence-corrected chi connectivity index (χ1v) is 7.46. The van der Waals surface area contributed by atoms with Gasteiger partial charge in [0, 0.05) is 30.2 Å². The fraction of sp³-hybridized carbons (Fsp3) is 0.471. The van der Waals surface area contributed by atoms with Crippen LogP contribution in [0, 0.1) is 13.8 Å². The summed E-state index contributed by atoms with van der Waals surface area (Å²) in [4.78, 5) is 11.9. The third-order valence-corrected chi connectivity index (χ3v) is 2.06. The molecule has 0 amide bonds. The van der Waals surface area contributed by atoms with E-state index in [0.717, 1.165) is 17.3 Å².